The lowest BCUT2D eigenvalue weighted by Gasteiger charge is -2.09. The largest absolute Gasteiger partial charge is 0.472 e. The van der Waals surface area contributed by atoms with Gasteiger partial charge in [-0.05, 0) is 24.6 Å². The molecule has 0 aliphatic rings. The minimum Gasteiger partial charge on any atom is -0.472 e. The van der Waals surface area contributed by atoms with Gasteiger partial charge in [-0.2, -0.15) is 0 Å². The molecule has 0 spiro atoms. The standard InChI is InChI=1S/C14H13ClN2O5/c15-11-2-1-9(7-12(11)17(20)21)14(19)16-5-3-13(18)10-4-6-22-8-10/h1-2,4,6-8,13,18H,3,5H2,(H,16,19). The lowest BCUT2D eigenvalue weighted by molar-refractivity contribution is -0.384. The number of hydrogen-bond donors (Lipinski definition) is 2. The Morgan fingerprint density at radius 2 is 2.23 bits per heavy atom. The van der Waals surface area contributed by atoms with Crippen LogP contribution in [0.4, 0.5) is 5.69 Å². The molecule has 0 saturated heterocycles. The van der Waals surface area contributed by atoms with E-state index >= 15 is 0 Å². The van der Waals surface area contributed by atoms with E-state index in [1.165, 1.54) is 24.7 Å². The van der Waals surface area contributed by atoms with E-state index in [1.807, 2.05) is 0 Å². The molecule has 0 bridgehead atoms. The van der Waals surface area contributed by atoms with Crippen LogP contribution in [0.5, 0.6) is 0 Å². The number of aliphatic hydroxyl groups is 1. The molecule has 2 aromatic rings. The van der Waals surface area contributed by atoms with E-state index in [2.05, 4.69) is 5.32 Å². The summed E-state index contributed by atoms with van der Waals surface area (Å²) in [6.07, 6.45) is 2.42. The lowest BCUT2D eigenvalue weighted by atomic mass is 10.1. The van der Waals surface area contributed by atoms with Crippen molar-refractivity contribution in [2.75, 3.05) is 6.54 Å². The minimum absolute atomic E-state index is 0.0306. The monoisotopic (exact) mass is 324 g/mol. The van der Waals surface area contributed by atoms with Gasteiger partial charge in [0.2, 0.25) is 0 Å². The van der Waals surface area contributed by atoms with Crippen LogP contribution in [0.2, 0.25) is 5.02 Å². The summed E-state index contributed by atoms with van der Waals surface area (Å²) < 4.78 is 4.86. The van der Waals surface area contributed by atoms with Gasteiger partial charge in [0.25, 0.3) is 11.6 Å². The molecule has 1 heterocycles. The van der Waals surface area contributed by atoms with Crippen molar-refractivity contribution in [2.45, 2.75) is 12.5 Å². The van der Waals surface area contributed by atoms with E-state index in [-0.39, 0.29) is 22.8 Å². The Balaban J connectivity index is 1.92. The van der Waals surface area contributed by atoms with Gasteiger partial charge in [0, 0.05) is 23.7 Å². The van der Waals surface area contributed by atoms with E-state index in [0.29, 0.717) is 12.0 Å². The number of aliphatic hydroxyl groups excluding tert-OH is 1. The first-order valence-corrected chi connectivity index (χ1v) is 6.79. The smallest absolute Gasteiger partial charge is 0.288 e. The predicted octanol–water partition coefficient (Wildman–Crippen LogP) is 2.69. The quantitative estimate of drug-likeness (QED) is 0.627. The summed E-state index contributed by atoms with van der Waals surface area (Å²) in [5.74, 6) is -0.473. The average Bonchev–Trinajstić information content (AvgIpc) is 3.01. The average molecular weight is 325 g/mol. The first kappa shape index (κ1) is 16.0. The zero-order valence-electron chi connectivity index (χ0n) is 11.4. The Bertz CT molecular complexity index is 672. The van der Waals surface area contributed by atoms with E-state index in [1.54, 1.807) is 6.07 Å². The van der Waals surface area contributed by atoms with Gasteiger partial charge in [0.15, 0.2) is 0 Å². The highest BCUT2D eigenvalue weighted by atomic mass is 35.5. The van der Waals surface area contributed by atoms with Crippen molar-refractivity contribution in [1.29, 1.82) is 0 Å². The molecular weight excluding hydrogens is 312 g/mol. The maximum Gasteiger partial charge on any atom is 0.288 e. The zero-order chi connectivity index (χ0) is 16.1. The second-order valence-corrected chi connectivity index (χ2v) is 4.95. The fourth-order valence-electron chi connectivity index (χ4n) is 1.85. The van der Waals surface area contributed by atoms with Crippen molar-refractivity contribution >= 4 is 23.2 Å². The number of carbonyl (C=O) groups excluding carboxylic acids is 1. The number of amides is 1. The number of nitrogens with one attached hydrogen (secondary N) is 1. The van der Waals surface area contributed by atoms with Crippen molar-refractivity contribution in [3.63, 3.8) is 0 Å². The van der Waals surface area contributed by atoms with Crippen molar-refractivity contribution < 1.29 is 19.2 Å². The van der Waals surface area contributed by atoms with Gasteiger partial charge in [0.05, 0.1) is 23.6 Å². The van der Waals surface area contributed by atoms with Crippen LogP contribution in [0.1, 0.15) is 28.4 Å². The Labute approximate surface area is 130 Å². The van der Waals surface area contributed by atoms with Crippen molar-refractivity contribution in [2.24, 2.45) is 0 Å². The molecule has 22 heavy (non-hydrogen) atoms. The molecule has 8 heteroatoms. The number of halogens is 1. The number of carbonyl (C=O) groups is 1. The molecule has 1 amide bonds. The van der Waals surface area contributed by atoms with Crippen LogP contribution in [0.3, 0.4) is 0 Å². The predicted molar refractivity (Wildman–Crippen MR) is 78.7 cm³/mol. The van der Waals surface area contributed by atoms with Gasteiger partial charge in [-0.1, -0.05) is 11.6 Å². The van der Waals surface area contributed by atoms with Crippen LogP contribution < -0.4 is 5.32 Å². The summed E-state index contributed by atoms with van der Waals surface area (Å²) in [5, 5.41) is 23.2. The molecule has 1 atom stereocenters. The second kappa shape index (κ2) is 7.06. The van der Waals surface area contributed by atoms with Gasteiger partial charge in [-0.3, -0.25) is 14.9 Å². The number of benzene rings is 1. The van der Waals surface area contributed by atoms with Crippen LogP contribution in [-0.4, -0.2) is 22.5 Å². The molecule has 0 aliphatic heterocycles. The first-order chi connectivity index (χ1) is 10.5. The number of nitro benzene ring substituents is 1. The molecule has 0 fully saturated rings. The summed E-state index contributed by atoms with van der Waals surface area (Å²) in [6, 6.07) is 5.45. The third kappa shape index (κ3) is 3.84. The molecule has 0 aliphatic carbocycles. The number of nitro groups is 1. The lowest BCUT2D eigenvalue weighted by Crippen LogP contribution is -2.25. The van der Waals surface area contributed by atoms with E-state index in [0.717, 1.165) is 6.07 Å². The molecule has 0 saturated carbocycles. The van der Waals surface area contributed by atoms with Crippen LogP contribution >= 0.6 is 11.6 Å². The minimum atomic E-state index is -0.751. The number of furan rings is 1. The van der Waals surface area contributed by atoms with Gasteiger partial charge in [-0.25, -0.2) is 0 Å². The van der Waals surface area contributed by atoms with Gasteiger partial charge in [0.1, 0.15) is 5.02 Å². The fraction of sp³-hybridized carbons (Fsp3) is 0.214. The number of hydrogen-bond acceptors (Lipinski definition) is 5. The van der Waals surface area contributed by atoms with Crippen LogP contribution in [0.15, 0.2) is 41.2 Å². The van der Waals surface area contributed by atoms with Gasteiger partial charge >= 0.3 is 0 Å². The summed E-state index contributed by atoms with van der Waals surface area (Å²) in [6.45, 7) is 0.210. The topological polar surface area (TPSA) is 106 Å². The molecule has 116 valence electrons. The molecule has 2 N–H and O–H groups in total. The maximum absolute atomic E-state index is 11.9. The molecule has 2 rings (SSSR count). The molecular formula is C14H13ClN2O5. The highest BCUT2D eigenvalue weighted by Gasteiger charge is 2.16. The van der Waals surface area contributed by atoms with Crippen LogP contribution in [-0.2, 0) is 0 Å². The van der Waals surface area contributed by atoms with Gasteiger partial charge in [-0.15, -0.1) is 0 Å². The maximum atomic E-state index is 11.9. The highest BCUT2D eigenvalue weighted by Crippen LogP contribution is 2.25. The molecule has 7 nitrogen and oxygen atoms in total. The van der Waals surface area contributed by atoms with Crippen LogP contribution in [0.25, 0.3) is 0 Å². The molecule has 1 aromatic carbocycles. The molecule has 1 unspecified atom stereocenters. The summed E-state index contributed by atoms with van der Waals surface area (Å²) in [4.78, 5) is 22.0. The number of nitrogens with zero attached hydrogens (tertiary/aromatic N) is 1. The summed E-state index contributed by atoms with van der Waals surface area (Å²) in [7, 11) is 0. The van der Waals surface area contributed by atoms with E-state index < -0.39 is 16.9 Å². The third-order valence-electron chi connectivity index (χ3n) is 3.04. The van der Waals surface area contributed by atoms with Crippen molar-refractivity contribution in [3.05, 3.63) is 63.1 Å². The SMILES string of the molecule is O=C(NCCC(O)c1ccoc1)c1ccc(Cl)c([N+](=O)[O-])c1. The van der Waals surface area contributed by atoms with Crippen molar-refractivity contribution in [3.8, 4) is 0 Å². The van der Waals surface area contributed by atoms with Crippen LogP contribution in [0, 0.1) is 10.1 Å². The second-order valence-electron chi connectivity index (χ2n) is 4.54. The van der Waals surface area contributed by atoms with Crippen molar-refractivity contribution in [1.82, 2.24) is 5.32 Å². The Kier molecular flexibility index (Phi) is 5.13. The fourth-order valence-corrected chi connectivity index (χ4v) is 2.04. The first-order valence-electron chi connectivity index (χ1n) is 6.41. The zero-order valence-corrected chi connectivity index (χ0v) is 12.1. The van der Waals surface area contributed by atoms with E-state index in [9.17, 15) is 20.0 Å². The number of rotatable bonds is 6. The molecule has 1 aromatic heterocycles. The Morgan fingerprint density at radius 3 is 2.86 bits per heavy atom. The Morgan fingerprint density at radius 1 is 1.45 bits per heavy atom. The third-order valence-corrected chi connectivity index (χ3v) is 3.36. The van der Waals surface area contributed by atoms with Gasteiger partial charge < -0.3 is 14.8 Å². The molecule has 0 radical (unpaired) electrons. The van der Waals surface area contributed by atoms with E-state index in [4.69, 9.17) is 16.0 Å². The summed E-state index contributed by atoms with van der Waals surface area (Å²) >= 11 is 5.68. The Hall–Kier alpha value is -2.38. The highest BCUT2D eigenvalue weighted by molar-refractivity contribution is 6.32. The normalized spacial score (nSPS) is 11.9. The summed E-state index contributed by atoms with van der Waals surface area (Å²) in [5.41, 5.74) is 0.429.